The monoisotopic (exact) mass is 227 g/mol. The Kier molecular flexibility index (Phi) is 3.91. The number of nitrogens with zero attached hydrogens (tertiary/aromatic N) is 1. The second-order valence-corrected chi connectivity index (χ2v) is 4.95. The summed E-state index contributed by atoms with van der Waals surface area (Å²) >= 11 is 0. The largest absolute Gasteiger partial charge is 0.379 e. The molecule has 0 aromatic rings. The molecule has 1 aliphatic rings. The maximum atomic E-state index is 11.6. The summed E-state index contributed by atoms with van der Waals surface area (Å²) in [7, 11) is 1.64. The summed E-state index contributed by atoms with van der Waals surface area (Å²) in [5, 5.41) is 5.81. The molecule has 0 spiro atoms. The van der Waals surface area contributed by atoms with Crippen molar-refractivity contribution < 1.29 is 9.53 Å². The van der Waals surface area contributed by atoms with Gasteiger partial charge in [-0.15, -0.1) is 0 Å². The smallest absolute Gasteiger partial charge is 0.251 e. The summed E-state index contributed by atoms with van der Waals surface area (Å²) in [5.74, 6) is 0.505. The molecule has 16 heavy (non-hydrogen) atoms. The molecule has 0 aromatic carbocycles. The summed E-state index contributed by atoms with van der Waals surface area (Å²) in [4.78, 5) is 15.9. The molecule has 0 saturated heterocycles. The zero-order valence-corrected chi connectivity index (χ0v) is 10.6. The van der Waals surface area contributed by atoms with Gasteiger partial charge in [-0.25, -0.2) is 4.99 Å². The van der Waals surface area contributed by atoms with Crippen LogP contribution in [0.3, 0.4) is 0 Å². The standard InChI is InChI=1S/C11H21N3O2/c1-7(2)12-10-13-8(9(15)14-10)6-11(3,4)16-5/h7-8H,6H2,1-5H3,(H2,12,13,14,15). The lowest BCUT2D eigenvalue weighted by molar-refractivity contribution is -0.121. The molecule has 0 fully saturated rings. The first-order valence-electron chi connectivity index (χ1n) is 5.54. The summed E-state index contributed by atoms with van der Waals surface area (Å²) in [6, 6.07) is -0.0931. The lowest BCUT2D eigenvalue weighted by atomic mass is 9.99. The van der Waals surface area contributed by atoms with Crippen molar-refractivity contribution in [1.82, 2.24) is 10.6 Å². The van der Waals surface area contributed by atoms with Crippen LogP contribution in [-0.4, -0.2) is 36.7 Å². The van der Waals surface area contributed by atoms with E-state index in [1.807, 2.05) is 27.7 Å². The van der Waals surface area contributed by atoms with Gasteiger partial charge in [0, 0.05) is 19.6 Å². The van der Waals surface area contributed by atoms with E-state index in [0.29, 0.717) is 12.4 Å². The molecule has 1 amide bonds. The topological polar surface area (TPSA) is 62.7 Å². The fraction of sp³-hybridized carbons (Fsp3) is 0.818. The Morgan fingerprint density at radius 3 is 2.69 bits per heavy atom. The highest BCUT2D eigenvalue weighted by Crippen LogP contribution is 2.19. The van der Waals surface area contributed by atoms with E-state index in [2.05, 4.69) is 15.6 Å². The van der Waals surface area contributed by atoms with Crippen molar-refractivity contribution in [3.63, 3.8) is 0 Å². The van der Waals surface area contributed by atoms with Gasteiger partial charge in [0.15, 0.2) is 5.96 Å². The number of hydrogen-bond acceptors (Lipinski definition) is 4. The van der Waals surface area contributed by atoms with E-state index >= 15 is 0 Å². The molecule has 1 unspecified atom stereocenters. The quantitative estimate of drug-likeness (QED) is 0.741. The van der Waals surface area contributed by atoms with Crippen molar-refractivity contribution in [2.24, 2.45) is 4.99 Å². The van der Waals surface area contributed by atoms with E-state index in [0.717, 1.165) is 0 Å². The average Bonchev–Trinajstić information content (AvgIpc) is 2.45. The van der Waals surface area contributed by atoms with Gasteiger partial charge in [-0.3, -0.25) is 10.1 Å². The Morgan fingerprint density at radius 1 is 1.56 bits per heavy atom. The normalized spacial score (nSPS) is 21.0. The lowest BCUT2D eigenvalue weighted by Gasteiger charge is -2.23. The third-order valence-corrected chi connectivity index (χ3v) is 2.49. The second-order valence-electron chi connectivity index (χ2n) is 4.95. The van der Waals surface area contributed by atoms with Crippen LogP contribution in [0.25, 0.3) is 0 Å². The molecule has 92 valence electrons. The van der Waals surface area contributed by atoms with Gasteiger partial charge in [-0.2, -0.15) is 0 Å². The minimum absolute atomic E-state index is 0.0618. The first-order valence-corrected chi connectivity index (χ1v) is 5.54. The molecule has 0 bridgehead atoms. The zero-order chi connectivity index (χ0) is 12.3. The molecule has 0 aliphatic carbocycles. The van der Waals surface area contributed by atoms with Crippen LogP contribution in [0.15, 0.2) is 4.99 Å². The van der Waals surface area contributed by atoms with Gasteiger partial charge >= 0.3 is 0 Å². The van der Waals surface area contributed by atoms with Gasteiger partial charge in [-0.1, -0.05) is 0 Å². The number of carbonyl (C=O) groups is 1. The first kappa shape index (κ1) is 13.0. The molecular weight excluding hydrogens is 206 g/mol. The van der Waals surface area contributed by atoms with Crippen molar-refractivity contribution in [2.45, 2.75) is 51.8 Å². The van der Waals surface area contributed by atoms with Gasteiger partial charge in [-0.05, 0) is 27.7 Å². The fourth-order valence-corrected chi connectivity index (χ4v) is 1.48. The summed E-state index contributed by atoms with van der Waals surface area (Å²) in [6.07, 6.45) is 0.582. The Morgan fingerprint density at radius 2 is 2.19 bits per heavy atom. The van der Waals surface area contributed by atoms with Crippen LogP contribution in [0.2, 0.25) is 0 Å². The predicted molar refractivity (Wildman–Crippen MR) is 63.3 cm³/mol. The number of ether oxygens (including phenoxy) is 1. The molecule has 5 heteroatoms. The average molecular weight is 227 g/mol. The van der Waals surface area contributed by atoms with Crippen molar-refractivity contribution in [3.8, 4) is 0 Å². The maximum Gasteiger partial charge on any atom is 0.251 e. The molecule has 1 rings (SSSR count). The van der Waals surface area contributed by atoms with E-state index < -0.39 is 0 Å². The minimum Gasteiger partial charge on any atom is -0.379 e. The molecule has 5 nitrogen and oxygen atoms in total. The van der Waals surface area contributed by atoms with Crippen molar-refractivity contribution >= 4 is 11.9 Å². The van der Waals surface area contributed by atoms with Crippen molar-refractivity contribution in [3.05, 3.63) is 0 Å². The number of hydrogen-bond donors (Lipinski definition) is 2. The van der Waals surface area contributed by atoms with Crippen molar-refractivity contribution in [1.29, 1.82) is 0 Å². The molecule has 1 atom stereocenters. The summed E-state index contributed by atoms with van der Waals surface area (Å²) < 4.78 is 5.29. The van der Waals surface area contributed by atoms with E-state index in [1.54, 1.807) is 7.11 Å². The van der Waals surface area contributed by atoms with Crippen LogP contribution in [-0.2, 0) is 9.53 Å². The van der Waals surface area contributed by atoms with Gasteiger partial charge < -0.3 is 10.1 Å². The van der Waals surface area contributed by atoms with E-state index in [-0.39, 0.29) is 23.6 Å². The van der Waals surface area contributed by atoms with Gasteiger partial charge in [0.05, 0.1) is 5.60 Å². The fourth-order valence-electron chi connectivity index (χ4n) is 1.48. The van der Waals surface area contributed by atoms with E-state index in [1.165, 1.54) is 0 Å². The Bertz CT molecular complexity index is 298. The van der Waals surface area contributed by atoms with Crippen LogP contribution >= 0.6 is 0 Å². The van der Waals surface area contributed by atoms with Crippen LogP contribution in [0.5, 0.6) is 0 Å². The molecule has 0 saturated carbocycles. The molecular formula is C11H21N3O2. The lowest BCUT2D eigenvalue weighted by Crippen LogP contribution is -2.41. The number of nitrogens with one attached hydrogen (secondary N) is 2. The Balaban J connectivity index is 2.61. The van der Waals surface area contributed by atoms with Crippen LogP contribution < -0.4 is 10.6 Å². The second kappa shape index (κ2) is 4.82. The zero-order valence-electron chi connectivity index (χ0n) is 10.6. The summed E-state index contributed by atoms with van der Waals surface area (Å²) in [6.45, 7) is 7.90. The number of aliphatic imine (C=N–C) groups is 1. The highest BCUT2D eigenvalue weighted by molar-refractivity contribution is 6.04. The van der Waals surface area contributed by atoms with E-state index in [9.17, 15) is 4.79 Å². The summed E-state index contributed by atoms with van der Waals surface area (Å²) in [5.41, 5.74) is -0.335. The Hall–Kier alpha value is -1.10. The maximum absolute atomic E-state index is 11.6. The minimum atomic E-state index is -0.351. The first-order chi connectivity index (χ1) is 7.34. The van der Waals surface area contributed by atoms with Crippen LogP contribution in [0.4, 0.5) is 0 Å². The number of carbonyl (C=O) groups excluding carboxylic acids is 1. The molecule has 0 aromatic heterocycles. The van der Waals surface area contributed by atoms with Gasteiger partial charge in [0.1, 0.15) is 6.04 Å². The van der Waals surface area contributed by atoms with Crippen LogP contribution in [0, 0.1) is 0 Å². The third kappa shape index (κ3) is 3.48. The van der Waals surface area contributed by atoms with Gasteiger partial charge in [0.25, 0.3) is 5.91 Å². The highest BCUT2D eigenvalue weighted by atomic mass is 16.5. The predicted octanol–water partition coefficient (Wildman–Crippen LogP) is 0.654. The molecule has 1 heterocycles. The third-order valence-electron chi connectivity index (χ3n) is 2.49. The van der Waals surface area contributed by atoms with Gasteiger partial charge in [0.2, 0.25) is 0 Å². The van der Waals surface area contributed by atoms with Crippen LogP contribution in [0.1, 0.15) is 34.1 Å². The number of guanidine groups is 1. The highest BCUT2D eigenvalue weighted by Gasteiger charge is 2.32. The van der Waals surface area contributed by atoms with Crippen molar-refractivity contribution in [2.75, 3.05) is 7.11 Å². The molecule has 1 aliphatic heterocycles. The number of rotatable bonds is 4. The SMILES string of the molecule is COC(C)(C)CC1N=C(NC(C)C)NC1=O. The number of methoxy groups -OCH3 is 1. The molecule has 2 N–H and O–H groups in total. The number of amides is 1. The van der Waals surface area contributed by atoms with E-state index in [4.69, 9.17) is 4.74 Å². The molecule has 0 radical (unpaired) electrons. The Labute approximate surface area is 96.7 Å².